The lowest BCUT2D eigenvalue weighted by atomic mass is 10.2. The normalized spacial score (nSPS) is 11.2. The van der Waals surface area contributed by atoms with Gasteiger partial charge in [0.15, 0.2) is 12.6 Å². The van der Waals surface area contributed by atoms with Gasteiger partial charge in [0.25, 0.3) is 0 Å². The molecule has 63 valence electrons. The van der Waals surface area contributed by atoms with Gasteiger partial charge in [-0.25, -0.2) is 9.97 Å². The quantitative estimate of drug-likeness (QED) is 0.600. The largest absolute Gasteiger partial charge is 0.420 e. The molecule has 0 aliphatic rings. The fourth-order valence-corrected chi connectivity index (χ4v) is 0.611. The van der Waals surface area contributed by atoms with Gasteiger partial charge in [-0.1, -0.05) is 0 Å². The van der Waals surface area contributed by atoms with E-state index in [1.54, 1.807) is 0 Å². The highest BCUT2D eigenvalue weighted by Crippen LogP contribution is 2.29. The van der Waals surface area contributed by atoms with Crippen molar-refractivity contribution in [3.8, 4) is 0 Å². The third-order valence-electron chi connectivity index (χ3n) is 1.11. The van der Waals surface area contributed by atoms with Gasteiger partial charge >= 0.3 is 6.18 Å². The van der Waals surface area contributed by atoms with Crippen molar-refractivity contribution in [1.82, 2.24) is 9.97 Å². The van der Waals surface area contributed by atoms with Crippen LogP contribution in [0.3, 0.4) is 0 Å². The maximum Gasteiger partial charge on any atom is 0.420 e. The molecule has 0 bridgehead atoms. The van der Waals surface area contributed by atoms with Crippen LogP contribution in [0, 0.1) is 6.33 Å². The molecular weight excluding hydrogens is 173 g/mol. The highest BCUT2D eigenvalue weighted by Gasteiger charge is 2.34. The average Bonchev–Trinajstić information content (AvgIpc) is 2.03. The van der Waals surface area contributed by atoms with Crippen molar-refractivity contribution in [2.75, 3.05) is 0 Å². The van der Waals surface area contributed by atoms with E-state index in [4.69, 9.17) is 0 Å². The van der Waals surface area contributed by atoms with Crippen molar-refractivity contribution in [3.05, 3.63) is 23.8 Å². The van der Waals surface area contributed by atoms with E-state index in [0.717, 1.165) is 0 Å². The van der Waals surface area contributed by atoms with Crippen LogP contribution in [0.5, 0.6) is 0 Å². The summed E-state index contributed by atoms with van der Waals surface area (Å²) in [7, 11) is 0. The van der Waals surface area contributed by atoms with Crippen molar-refractivity contribution >= 4 is 6.29 Å². The Hall–Kier alpha value is -1.46. The molecule has 0 unspecified atom stereocenters. The molecule has 0 amide bonds. The predicted molar refractivity (Wildman–Crippen MR) is 31.3 cm³/mol. The van der Waals surface area contributed by atoms with Crippen LogP contribution in [0.2, 0.25) is 0 Å². The summed E-state index contributed by atoms with van der Waals surface area (Å²) in [6.07, 6.45) is -2.17. The molecule has 0 aromatic carbocycles. The van der Waals surface area contributed by atoms with Gasteiger partial charge in [-0.3, -0.25) is 4.79 Å². The van der Waals surface area contributed by atoms with Crippen LogP contribution in [0.15, 0.2) is 6.20 Å². The number of aromatic nitrogens is 2. The number of alkyl halides is 3. The predicted octanol–water partition coefficient (Wildman–Crippen LogP) is 1.11. The van der Waals surface area contributed by atoms with Gasteiger partial charge in [0.05, 0.1) is 0 Å². The summed E-state index contributed by atoms with van der Waals surface area (Å²) >= 11 is 0. The van der Waals surface area contributed by atoms with Gasteiger partial charge in [0.1, 0.15) is 11.3 Å². The molecule has 0 aliphatic heterocycles. The molecule has 1 heterocycles. The standard InChI is InChI=1S/C6H2F3N2O/c7-6(8,9)4-1-10-3-11-5(4)2-12/h1-2H. The Kier molecular flexibility index (Phi) is 2.07. The van der Waals surface area contributed by atoms with Crippen molar-refractivity contribution < 1.29 is 18.0 Å². The Balaban J connectivity index is 3.23. The molecule has 3 nitrogen and oxygen atoms in total. The highest BCUT2D eigenvalue weighted by atomic mass is 19.4. The van der Waals surface area contributed by atoms with Gasteiger partial charge < -0.3 is 0 Å². The van der Waals surface area contributed by atoms with Gasteiger partial charge in [-0.2, -0.15) is 13.2 Å². The van der Waals surface area contributed by atoms with Crippen molar-refractivity contribution in [1.29, 1.82) is 0 Å². The molecule has 12 heavy (non-hydrogen) atoms. The number of hydrogen-bond donors (Lipinski definition) is 0. The SMILES string of the molecule is O=Cc1n[c]ncc1C(F)(F)F. The van der Waals surface area contributed by atoms with Crippen LogP contribution < -0.4 is 0 Å². The van der Waals surface area contributed by atoms with Crippen molar-refractivity contribution in [2.45, 2.75) is 6.18 Å². The molecule has 0 saturated carbocycles. The Morgan fingerprint density at radius 2 is 2.17 bits per heavy atom. The van der Waals surface area contributed by atoms with Gasteiger partial charge in [-0.05, 0) is 0 Å². The molecule has 1 aromatic heterocycles. The van der Waals surface area contributed by atoms with Crippen LogP contribution in [-0.4, -0.2) is 16.3 Å². The second-order valence-corrected chi connectivity index (χ2v) is 1.88. The van der Waals surface area contributed by atoms with E-state index >= 15 is 0 Å². The van der Waals surface area contributed by atoms with Crippen LogP contribution in [0.25, 0.3) is 0 Å². The van der Waals surface area contributed by atoms with E-state index in [1.165, 1.54) is 0 Å². The highest BCUT2D eigenvalue weighted by molar-refractivity contribution is 5.74. The lowest BCUT2D eigenvalue weighted by Gasteiger charge is -2.05. The second kappa shape index (κ2) is 2.88. The Bertz CT molecular complexity index is 297. The first-order chi connectivity index (χ1) is 5.55. The zero-order chi connectivity index (χ0) is 9.19. The second-order valence-electron chi connectivity index (χ2n) is 1.88. The first-order valence-corrected chi connectivity index (χ1v) is 2.81. The summed E-state index contributed by atoms with van der Waals surface area (Å²) in [4.78, 5) is 16.1. The van der Waals surface area contributed by atoms with Crippen LogP contribution in [0.4, 0.5) is 13.2 Å². The monoisotopic (exact) mass is 175 g/mol. The number of halogens is 3. The number of nitrogens with zero attached hydrogens (tertiary/aromatic N) is 2. The molecule has 1 aromatic rings. The maximum absolute atomic E-state index is 12.0. The fourth-order valence-electron chi connectivity index (χ4n) is 0.611. The van der Waals surface area contributed by atoms with E-state index in [1.807, 2.05) is 6.33 Å². The van der Waals surface area contributed by atoms with E-state index < -0.39 is 17.4 Å². The molecule has 0 aliphatic carbocycles. The lowest BCUT2D eigenvalue weighted by molar-refractivity contribution is -0.138. The topological polar surface area (TPSA) is 42.9 Å². The summed E-state index contributed by atoms with van der Waals surface area (Å²) in [5.74, 6) is 0. The molecule has 1 rings (SSSR count). The number of carbonyl (C=O) groups is 1. The molecule has 1 radical (unpaired) electrons. The minimum Gasteiger partial charge on any atom is -0.296 e. The Labute approximate surface area is 65.3 Å². The Morgan fingerprint density at radius 1 is 1.50 bits per heavy atom. The summed E-state index contributed by atoms with van der Waals surface area (Å²) in [6.45, 7) is 0. The number of rotatable bonds is 1. The van der Waals surface area contributed by atoms with Gasteiger partial charge in [0, 0.05) is 6.20 Å². The minimum absolute atomic E-state index is 0.0149. The molecule has 0 fully saturated rings. The molecule has 0 N–H and O–H groups in total. The number of hydrogen-bond acceptors (Lipinski definition) is 3. The molecule has 0 atom stereocenters. The van der Waals surface area contributed by atoms with Gasteiger partial charge in [0.2, 0.25) is 0 Å². The summed E-state index contributed by atoms with van der Waals surface area (Å²) in [5.41, 5.74) is -1.84. The van der Waals surface area contributed by atoms with E-state index in [-0.39, 0.29) is 6.29 Å². The molecular formula is C6H2F3N2O. The first-order valence-electron chi connectivity index (χ1n) is 2.81. The zero-order valence-electron chi connectivity index (χ0n) is 5.59. The third-order valence-corrected chi connectivity index (χ3v) is 1.11. The molecule has 0 saturated heterocycles. The van der Waals surface area contributed by atoms with E-state index in [9.17, 15) is 18.0 Å². The van der Waals surface area contributed by atoms with Crippen LogP contribution >= 0.6 is 0 Å². The fraction of sp³-hybridized carbons (Fsp3) is 0.167. The Morgan fingerprint density at radius 3 is 2.58 bits per heavy atom. The number of aldehydes is 1. The molecule has 6 heteroatoms. The van der Waals surface area contributed by atoms with E-state index in [0.29, 0.717) is 6.20 Å². The maximum atomic E-state index is 12.0. The smallest absolute Gasteiger partial charge is 0.296 e. The average molecular weight is 175 g/mol. The first kappa shape index (κ1) is 8.63. The summed E-state index contributed by atoms with van der Waals surface area (Å²) in [6, 6.07) is 0. The number of carbonyl (C=O) groups excluding carboxylic acids is 1. The summed E-state index contributed by atoms with van der Waals surface area (Å²) in [5, 5.41) is 0. The lowest BCUT2D eigenvalue weighted by Crippen LogP contribution is -2.10. The zero-order valence-corrected chi connectivity index (χ0v) is 5.59. The molecule has 0 spiro atoms. The van der Waals surface area contributed by atoms with Crippen molar-refractivity contribution in [2.24, 2.45) is 0 Å². The van der Waals surface area contributed by atoms with Gasteiger partial charge in [-0.15, -0.1) is 0 Å². The third kappa shape index (κ3) is 1.58. The van der Waals surface area contributed by atoms with Crippen LogP contribution in [0.1, 0.15) is 16.1 Å². The summed E-state index contributed by atoms with van der Waals surface area (Å²) < 4.78 is 35.9. The van der Waals surface area contributed by atoms with Crippen LogP contribution in [-0.2, 0) is 6.18 Å². The van der Waals surface area contributed by atoms with E-state index in [2.05, 4.69) is 9.97 Å². The minimum atomic E-state index is -4.59. The van der Waals surface area contributed by atoms with Crippen molar-refractivity contribution in [3.63, 3.8) is 0 Å².